The van der Waals surface area contributed by atoms with Crippen LogP contribution in [-0.4, -0.2) is 10.2 Å². The number of aromatic nitrogens is 2. The number of hydrogen-bond donors (Lipinski definition) is 1. The van der Waals surface area contributed by atoms with Gasteiger partial charge in [-0.1, -0.05) is 27.5 Å². The van der Waals surface area contributed by atoms with Gasteiger partial charge in [0.15, 0.2) is 0 Å². The second kappa shape index (κ2) is 3.12. The Kier molecular flexibility index (Phi) is 2.09. The molecule has 2 rings (SSSR count). The first-order valence-electron chi connectivity index (χ1n) is 3.55. The second-order valence-corrected chi connectivity index (χ2v) is 3.92. The molecule has 0 spiro atoms. The molecule has 1 aromatic carbocycles. The Hall–Kier alpha value is -0.870. The zero-order valence-electron chi connectivity index (χ0n) is 6.46. The topological polar surface area (TPSA) is 51.8 Å². The van der Waals surface area contributed by atoms with Crippen molar-refractivity contribution in [2.45, 2.75) is 0 Å². The number of hydrogen-bond acceptors (Lipinski definition) is 3. The Morgan fingerprint density at radius 2 is 2.00 bits per heavy atom. The van der Waals surface area contributed by atoms with E-state index in [0.717, 1.165) is 9.86 Å². The molecule has 0 bridgehead atoms. The normalized spacial score (nSPS) is 10.6. The molecule has 2 N–H and O–H groups in total. The first kappa shape index (κ1) is 8.72. The number of halogens is 2. The SMILES string of the molecule is Nc1cc2cc(Br)cc(Cl)c2nn1. The highest BCUT2D eigenvalue weighted by atomic mass is 79.9. The van der Waals surface area contributed by atoms with Gasteiger partial charge < -0.3 is 5.73 Å². The van der Waals surface area contributed by atoms with Crippen molar-refractivity contribution in [2.75, 3.05) is 5.73 Å². The Labute approximate surface area is 88.0 Å². The van der Waals surface area contributed by atoms with Gasteiger partial charge in [-0.2, -0.15) is 0 Å². The average Bonchev–Trinajstić information content (AvgIpc) is 2.02. The summed E-state index contributed by atoms with van der Waals surface area (Å²) in [7, 11) is 0. The second-order valence-electron chi connectivity index (χ2n) is 2.59. The number of benzene rings is 1. The van der Waals surface area contributed by atoms with E-state index in [-0.39, 0.29) is 0 Å². The van der Waals surface area contributed by atoms with Crippen molar-refractivity contribution >= 4 is 44.3 Å². The fourth-order valence-corrected chi connectivity index (χ4v) is 1.97. The van der Waals surface area contributed by atoms with Gasteiger partial charge in [0.2, 0.25) is 0 Å². The minimum atomic E-state index is 0.390. The van der Waals surface area contributed by atoms with Gasteiger partial charge in [0.1, 0.15) is 11.3 Å². The summed E-state index contributed by atoms with van der Waals surface area (Å²) in [4.78, 5) is 0. The van der Waals surface area contributed by atoms with E-state index in [1.54, 1.807) is 12.1 Å². The zero-order chi connectivity index (χ0) is 9.42. The van der Waals surface area contributed by atoms with Gasteiger partial charge >= 0.3 is 0 Å². The van der Waals surface area contributed by atoms with Crippen LogP contribution in [0.25, 0.3) is 10.9 Å². The number of nitrogens with zero attached hydrogens (tertiary/aromatic N) is 2. The van der Waals surface area contributed by atoms with E-state index in [4.69, 9.17) is 17.3 Å². The molecule has 0 aliphatic heterocycles. The van der Waals surface area contributed by atoms with Crippen LogP contribution >= 0.6 is 27.5 Å². The number of fused-ring (bicyclic) bond motifs is 1. The molecule has 2 aromatic rings. The summed E-state index contributed by atoms with van der Waals surface area (Å²) in [5.41, 5.74) is 6.16. The summed E-state index contributed by atoms with van der Waals surface area (Å²) < 4.78 is 0.900. The molecule has 0 radical (unpaired) electrons. The summed E-state index contributed by atoms with van der Waals surface area (Å²) in [5.74, 6) is 0.390. The van der Waals surface area contributed by atoms with Crippen molar-refractivity contribution in [1.82, 2.24) is 10.2 Å². The third-order valence-electron chi connectivity index (χ3n) is 1.63. The maximum Gasteiger partial charge on any atom is 0.146 e. The number of anilines is 1. The van der Waals surface area contributed by atoms with Gasteiger partial charge in [0, 0.05) is 9.86 Å². The lowest BCUT2D eigenvalue weighted by molar-refractivity contribution is 1.09. The van der Waals surface area contributed by atoms with Crippen molar-refractivity contribution in [3.63, 3.8) is 0 Å². The number of nitrogen functional groups attached to an aromatic ring is 1. The maximum absolute atomic E-state index is 5.94. The van der Waals surface area contributed by atoms with Crippen LogP contribution in [0.2, 0.25) is 5.02 Å². The third kappa shape index (κ3) is 1.59. The highest BCUT2D eigenvalue weighted by Gasteiger charge is 2.03. The van der Waals surface area contributed by atoms with E-state index in [2.05, 4.69) is 26.1 Å². The average molecular weight is 259 g/mol. The molecule has 5 heteroatoms. The van der Waals surface area contributed by atoms with E-state index in [1.165, 1.54) is 0 Å². The first-order chi connectivity index (χ1) is 6.16. The Morgan fingerprint density at radius 1 is 1.23 bits per heavy atom. The van der Waals surface area contributed by atoms with Gasteiger partial charge in [0.05, 0.1) is 5.02 Å². The van der Waals surface area contributed by atoms with Crippen molar-refractivity contribution in [3.05, 3.63) is 27.7 Å². The van der Waals surface area contributed by atoms with Crippen LogP contribution in [0.4, 0.5) is 5.82 Å². The zero-order valence-corrected chi connectivity index (χ0v) is 8.80. The van der Waals surface area contributed by atoms with Crippen molar-refractivity contribution in [1.29, 1.82) is 0 Å². The van der Waals surface area contributed by atoms with Crippen LogP contribution in [0.15, 0.2) is 22.7 Å². The predicted octanol–water partition coefficient (Wildman–Crippen LogP) is 2.63. The Bertz CT molecular complexity index is 467. The molecule has 0 fully saturated rings. The summed E-state index contributed by atoms with van der Waals surface area (Å²) in [5, 5.41) is 9.07. The first-order valence-corrected chi connectivity index (χ1v) is 4.72. The molecule has 0 atom stereocenters. The molecular weight excluding hydrogens is 253 g/mol. The smallest absolute Gasteiger partial charge is 0.146 e. The number of nitrogens with two attached hydrogens (primary N) is 1. The summed E-state index contributed by atoms with van der Waals surface area (Å²) >= 11 is 9.28. The highest BCUT2D eigenvalue weighted by Crippen LogP contribution is 2.26. The van der Waals surface area contributed by atoms with Crippen LogP contribution in [0, 0.1) is 0 Å². The molecule has 13 heavy (non-hydrogen) atoms. The molecular formula is C8H5BrClN3. The summed E-state index contributed by atoms with van der Waals surface area (Å²) in [6.07, 6.45) is 0. The van der Waals surface area contributed by atoms with Crippen LogP contribution in [0.5, 0.6) is 0 Å². The van der Waals surface area contributed by atoms with Crippen molar-refractivity contribution in [2.24, 2.45) is 0 Å². The van der Waals surface area contributed by atoms with Crippen LogP contribution in [-0.2, 0) is 0 Å². The lowest BCUT2D eigenvalue weighted by atomic mass is 10.2. The quantitative estimate of drug-likeness (QED) is 0.790. The molecule has 1 heterocycles. The largest absolute Gasteiger partial charge is 0.382 e. The van der Waals surface area contributed by atoms with E-state index >= 15 is 0 Å². The standard InChI is InChI=1S/C8H5BrClN3/c9-5-1-4-2-7(11)12-13-8(4)6(10)3-5/h1-3H,(H2,11,12). The lowest BCUT2D eigenvalue weighted by Crippen LogP contribution is -1.93. The van der Waals surface area contributed by atoms with Crippen LogP contribution in [0.1, 0.15) is 0 Å². The minimum Gasteiger partial charge on any atom is -0.382 e. The molecule has 0 saturated carbocycles. The lowest BCUT2D eigenvalue weighted by Gasteiger charge is -2.00. The number of rotatable bonds is 0. The molecule has 0 saturated heterocycles. The van der Waals surface area contributed by atoms with E-state index in [0.29, 0.717) is 16.4 Å². The fraction of sp³-hybridized carbons (Fsp3) is 0. The predicted molar refractivity (Wildman–Crippen MR) is 56.7 cm³/mol. The monoisotopic (exact) mass is 257 g/mol. The van der Waals surface area contributed by atoms with Gasteiger partial charge in [-0.3, -0.25) is 0 Å². The van der Waals surface area contributed by atoms with Crippen LogP contribution in [0.3, 0.4) is 0 Å². The minimum absolute atomic E-state index is 0.390. The third-order valence-corrected chi connectivity index (χ3v) is 2.37. The highest BCUT2D eigenvalue weighted by molar-refractivity contribution is 9.10. The van der Waals surface area contributed by atoms with Crippen molar-refractivity contribution < 1.29 is 0 Å². The fourth-order valence-electron chi connectivity index (χ4n) is 1.10. The Balaban J connectivity index is 2.86. The molecule has 3 nitrogen and oxygen atoms in total. The van der Waals surface area contributed by atoms with Crippen LogP contribution < -0.4 is 5.73 Å². The maximum atomic E-state index is 5.94. The van der Waals surface area contributed by atoms with E-state index in [1.807, 2.05) is 6.07 Å². The van der Waals surface area contributed by atoms with Gasteiger partial charge in [-0.15, -0.1) is 10.2 Å². The van der Waals surface area contributed by atoms with Gasteiger partial charge in [-0.25, -0.2) is 0 Å². The van der Waals surface area contributed by atoms with E-state index < -0.39 is 0 Å². The molecule has 0 aliphatic rings. The summed E-state index contributed by atoms with van der Waals surface area (Å²) in [6, 6.07) is 5.40. The van der Waals surface area contributed by atoms with Crippen molar-refractivity contribution in [3.8, 4) is 0 Å². The molecule has 0 amide bonds. The van der Waals surface area contributed by atoms with Gasteiger partial charge in [0.25, 0.3) is 0 Å². The van der Waals surface area contributed by atoms with Gasteiger partial charge in [-0.05, 0) is 18.2 Å². The molecule has 0 aliphatic carbocycles. The molecule has 0 unspecified atom stereocenters. The van der Waals surface area contributed by atoms with E-state index in [9.17, 15) is 0 Å². The molecule has 1 aromatic heterocycles. The summed E-state index contributed by atoms with van der Waals surface area (Å²) in [6.45, 7) is 0. The molecule has 66 valence electrons. The Morgan fingerprint density at radius 3 is 2.77 bits per heavy atom.